The maximum absolute atomic E-state index is 12.4. The van der Waals surface area contributed by atoms with E-state index in [2.05, 4.69) is 14.9 Å². The molecular formula is C15H13N3O4S2. The van der Waals surface area contributed by atoms with Crippen molar-refractivity contribution < 1.29 is 17.6 Å². The zero-order valence-corrected chi connectivity index (χ0v) is 14.2. The fourth-order valence-corrected chi connectivity index (χ4v) is 3.89. The number of benzene rings is 1. The Balaban J connectivity index is 1.82. The van der Waals surface area contributed by atoms with Crippen molar-refractivity contribution in [2.24, 2.45) is 0 Å². The third-order valence-corrected chi connectivity index (χ3v) is 5.65. The van der Waals surface area contributed by atoms with Crippen molar-refractivity contribution in [3.63, 3.8) is 0 Å². The summed E-state index contributed by atoms with van der Waals surface area (Å²) in [6.07, 6.45) is 1.30. The monoisotopic (exact) mass is 363 g/mol. The van der Waals surface area contributed by atoms with Gasteiger partial charge in [-0.25, -0.2) is 8.42 Å². The van der Waals surface area contributed by atoms with Crippen LogP contribution in [0.4, 0.5) is 5.13 Å². The lowest BCUT2D eigenvalue weighted by Gasteiger charge is -2.05. The normalized spacial score (nSPS) is 11.4. The molecule has 0 saturated carbocycles. The van der Waals surface area contributed by atoms with Crippen molar-refractivity contribution in [3.05, 3.63) is 47.2 Å². The first-order valence-electron chi connectivity index (χ1n) is 7.02. The Bertz CT molecular complexity index is 959. The zero-order valence-electron chi connectivity index (χ0n) is 12.6. The quantitative estimate of drug-likeness (QED) is 0.676. The molecule has 0 fully saturated rings. The minimum atomic E-state index is -3.74. The molecule has 0 radical (unpaired) electrons. The van der Waals surface area contributed by atoms with Gasteiger partial charge in [0.2, 0.25) is 5.13 Å². The van der Waals surface area contributed by atoms with E-state index in [1.807, 2.05) is 6.92 Å². The number of carbonyl (C=O) groups is 1. The molecule has 0 unspecified atom stereocenters. The molecule has 3 aromatic rings. The van der Waals surface area contributed by atoms with Crippen molar-refractivity contribution >= 4 is 32.8 Å². The van der Waals surface area contributed by atoms with Crippen LogP contribution in [0.15, 0.2) is 45.7 Å². The minimum absolute atomic E-state index is 0.0988. The summed E-state index contributed by atoms with van der Waals surface area (Å²) in [5.74, 6) is 0.706. The summed E-state index contributed by atoms with van der Waals surface area (Å²) in [5, 5.41) is 8.67. The Morgan fingerprint density at radius 3 is 2.50 bits per heavy atom. The van der Waals surface area contributed by atoms with Crippen molar-refractivity contribution in [2.45, 2.75) is 18.2 Å². The number of nitrogens with zero attached hydrogens (tertiary/aromatic N) is 2. The van der Waals surface area contributed by atoms with Gasteiger partial charge in [-0.1, -0.05) is 18.3 Å². The highest BCUT2D eigenvalue weighted by atomic mass is 32.2. The number of nitrogens with one attached hydrogen (secondary N) is 1. The summed E-state index contributed by atoms with van der Waals surface area (Å²) in [6, 6.07) is 9.35. The van der Waals surface area contributed by atoms with Gasteiger partial charge in [-0.05, 0) is 42.8 Å². The summed E-state index contributed by atoms with van der Waals surface area (Å²) in [6.45, 7) is 1.92. The number of hydrogen-bond acceptors (Lipinski definition) is 7. The first-order chi connectivity index (χ1) is 11.5. The zero-order chi connectivity index (χ0) is 17.2. The van der Waals surface area contributed by atoms with Crippen LogP contribution in [0, 0.1) is 0 Å². The first kappa shape index (κ1) is 16.3. The second kappa shape index (κ2) is 6.54. The predicted octanol–water partition coefficient (Wildman–Crippen LogP) is 2.97. The molecule has 1 N–H and O–H groups in total. The molecule has 9 heteroatoms. The van der Waals surface area contributed by atoms with E-state index in [9.17, 15) is 13.2 Å². The smallest absolute Gasteiger partial charge is 0.263 e. The van der Waals surface area contributed by atoms with Crippen LogP contribution < -0.4 is 4.72 Å². The molecule has 7 nitrogen and oxygen atoms in total. The Morgan fingerprint density at radius 1 is 1.17 bits per heavy atom. The standard InChI is InChI=1S/C15H13N3O4S2/c1-2-14-16-17-15(23-14)18-24(20,21)12-6-3-10(4-7-12)13-8-5-11(9-19)22-13/h3-9H,2H2,1H3,(H,17,18). The minimum Gasteiger partial charge on any atom is -0.453 e. The van der Waals surface area contributed by atoms with Gasteiger partial charge in [0.15, 0.2) is 12.0 Å². The number of furan rings is 1. The van der Waals surface area contributed by atoms with Gasteiger partial charge < -0.3 is 4.42 Å². The Hall–Kier alpha value is -2.52. The number of hydrogen-bond donors (Lipinski definition) is 1. The molecule has 0 spiro atoms. The first-order valence-corrected chi connectivity index (χ1v) is 9.32. The fraction of sp³-hybridized carbons (Fsp3) is 0.133. The molecule has 2 heterocycles. The summed E-state index contributed by atoms with van der Waals surface area (Å²) in [4.78, 5) is 10.7. The Kier molecular flexibility index (Phi) is 4.45. The largest absolute Gasteiger partial charge is 0.453 e. The molecule has 0 bridgehead atoms. The molecule has 0 saturated heterocycles. The molecule has 0 aliphatic heterocycles. The second-order valence-electron chi connectivity index (χ2n) is 4.80. The Labute approximate surface area is 142 Å². The second-order valence-corrected chi connectivity index (χ2v) is 7.55. The highest BCUT2D eigenvalue weighted by Crippen LogP contribution is 2.25. The summed E-state index contributed by atoms with van der Waals surface area (Å²) < 4.78 is 32.4. The van der Waals surface area contributed by atoms with Crippen LogP contribution in [0.5, 0.6) is 0 Å². The van der Waals surface area contributed by atoms with E-state index in [1.54, 1.807) is 24.3 Å². The van der Waals surface area contributed by atoms with Gasteiger partial charge in [-0.3, -0.25) is 9.52 Å². The lowest BCUT2D eigenvalue weighted by atomic mass is 10.2. The summed E-state index contributed by atoms with van der Waals surface area (Å²) >= 11 is 1.20. The van der Waals surface area contributed by atoms with Crippen LogP contribution >= 0.6 is 11.3 Å². The third-order valence-electron chi connectivity index (χ3n) is 3.18. The third kappa shape index (κ3) is 3.36. The SMILES string of the molecule is CCc1nnc(NS(=O)(=O)c2ccc(-c3ccc(C=O)o3)cc2)s1. The number of aryl methyl sites for hydroxylation is 1. The van der Waals surface area contributed by atoms with E-state index in [0.717, 1.165) is 5.01 Å². The van der Waals surface area contributed by atoms with E-state index in [0.29, 0.717) is 24.0 Å². The highest BCUT2D eigenvalue weighted by Gasteiger charge is 2.17. The molecule has 0 aliphatic carbocycles. The number of anilines is 1. The number of carbonyl (C=O) groups excluding carboxylic acids is 1. The summed E-state index contributed by atoms with van der Waals surface area (Å²) in [7, 11) is -3.74. The van der Waals surface area contributed by atoms with Gasteiger partial charge in [0.25, 0.3) is 10.0 Å². The van der Waals surface area contributed by atoms with Gasteiger partial charge >= 0.3 is 0 Å². The van der Waals surface area contributed by atoms with Crippen molar-refractivity contribution in [1.29, 1.82) is 0 Å². The van der Waals surface area contributed by atoms with Crippen LogP contribution in [0.3, 0.4) is 0 Å². The maximum atomic E-state index is 12.4. The number of aldehydes is 1. The van der Waals surface area contributed by atoms with Crippen molar-refractivity contribution in [3.8, 4) is 11.3 Å². The number of rotatable bonds is 6. The topological polar surface area (TPSA) is 102 Å². The molecule has 1 aromatic carbocycles. The highest BCUT2D eigenvalue weighted by molar-refractivity contribution is 7.93. The summed E-state index contributed by atoms with van der Waals surface area (Å²) in [5.41, 5.74) is 0.672. The predicted molar refractivity (Wildman–Crippen MR) is 89.6 cm³/mol. The van der Waals surface area contributed by atoms with E-state index in [1.165, 1.54) is 23.5 Å². The lowest BCUT2D eigenvalue weighted by Crippen LogP contribution is -2.12. The van der Waals surface area contributed by atoms with Gasteiger partial charge in [0, 0.05) is 5.56 Å². The molecule has 0 amide bonds. The fourth-order valence-electron chi connectivity index (χ4n) is 1.98. The van der Waals surface area contributed by atoms with Crippen LogP contribution in [0.25, 0.3) is 11.3 Å². The van der Waals surface area contributed by atoms with Gasteiger partial charge in [0.05, 0.1) is 4.90 Å². The Morgan fingerprint density at radius 2 is 1.92 bits per heavy atom. The molecule has 124 valence electrons. The van der Waals surface area contributed by atoms with Crippen LogP contribution in [0.2, 0.25) is 0 Å². The average molecular weight is 363 g/mol. The molecule has 3 rings (SSSR count). The molecule has 24 heavy (non-hydrogen) atoms. The van der Waals surface area contributed by atoms with E-state index < -0.39 is 10.0 Å². The lowest BCUT2D eigenvalue weighted by molar-refractivity contribution is 0.110. The van der Waals surface area contributed by atoms with Crippen LogP contribution in [-0.2, 0) is 16.4 Å². The van der Waals surface area contributed by atoms with Crippen molar-refractivity contribution in [2.75, 3.05) is 4.72 Å². The molecule has 2 aromatic heterocycles. The van der Waals surface area contributed by atoms with Crippen LogP contribution in [-0.4, -0.2) is 24.9 Å². The van der Waals surface area contributed by atoms with E-state index in [-0.39, 0.29) is 15.8 Å². The van der Waals surface area contributed by atoms with Gasteiger partial charge in [0.1, 0.15) is 10.8 Å². The average Bonchev–Trinajstić information content (AvgIpc) is 3.23. The number of sulfonamides is 1. The maximum Gasteiger partial charge on any atom is 0.263 e. The molecule has 0 atom stereocenters. The van der Waals surface area contributed by atoms with E-state index >= 15 is 0 Å². The van der Waals surface area contributed by atoms with Gasteiger partial charge in [-0.2, -0.15) is 0 Å². The van der Waals surface area contributed by atoms with Crippen LogP contribution in [0.1, 0.15) is 22.5 Å². The molecular weight excluding hydrogens is 350 g/mol. The van der Waals surface area contributed by atoms with Crippen molar-refractivity contribution in [1.82, 2.24) is 10.2 Å². The number of aromatic nitrogens is 2. The van der Waals surface area contributed by atoms with Gasteiger partial charge in [-0.15, -0.1) is 10.2 Å². The van der Waals surface area contributed by atoms with E-state index in [4.69, 9.17) is 4.42 Å². The molecule has 0 aliphatic rings.